The lowest BCUT2D eigenvalue weighted by atomic mass is 10.0. The lowest BCUT2D eigenvalue weighted by molar-refractivity contribution is 0.444. The molecule has 1 fully saturated rings. The molecule has 0 saturated carbocycles. The van der Waals surface area contributed by atoms with E-state index in [1.54, 1.807) is 30.6 Å². The fourth-order valence-electron chi connectivity index (χ4n) is 3.59. The fraction of sp³-hybridized carbons (Fsp3) is 0.471. The van der Waals surface area contributed by atoms with Crippen molar-refractivity contribution in [3.8, 4) is 0 Å². The SMILES string of the molecule is CCC[C@@H]1CN(S(=O)(=O)c2cccc3cnccc23)CC1S(C)(=O)=O. The highest BCUT2D eigenvalue weighted by molar-refractivity contribution is 7.91. The molecule has 0 bridgehead atoms. The highest BCUT2D eigenvalue weighted by Gasteiger charge is 2.43. The Morgan fingerprint density at radius 2 is 1.92 bits per heavy atom. The molecule has 2 aromatic rings. The highest BCUT2D eigenvalue weighted by Crippen LogP contribution is 2.33. The molecule has 0 amide bonds. The minimum absolute atomic E-state index is 0.0211. The largest absolute Gasteiger partial charge is 0.264 e. The van der Waals surface area contributed by atoms with E-state index < -0.39 is 25.1 Å². The van der Waals surface area contributed by atoms with E-state index in [1.165, 1.54) is 10.6 Å². The van der Waals surface area contributed by atoms with Crippen molar-refractivity contribution in [1.29, 1.82) is 0 Å². The van der Waals surface area contributed by atoms with Crippen LogP contribution in [0.5, 0.6) is 0 Å². The standard InChI is InChI=1S/C17H22N2O4S2/c1-3-5-14-11-19(12-17(14)24(2,20)21)25(22,23)16-7-4-6-13-10-18-9-8-15(13)16/h4,6-10,14,17H,3,5,11-12H2,1-2H3/t14-,17?/m1/s1. The summed E-state index contributed by atoms with van der Waals surface area (Å²) in [6, 6.07) is 6.74. The van der Waals surface area contributed by atoms with E-state index in [9.17, 15) is 16.8 Å². The number of pyridine rings is 1. The molecule has 6 nitrogen and oxygen atoms in total. The Hall–Kier alpha value is -1.51. The molecule has 2 heterocycles. The summed E-state index contributed by atoms with van der Waals surface area (Å²) in [5.74, 6) is -0.161. The van der Waals surface area contributed by atoms with Crippen LogP contribution < -0.4 is 0 Å². The Balaban J connectivity index is 2.03. The Kier molecular flexibility index (Phi) is 4.87. The summed E-state index contributed by atoms with van der Waals surface area (Å²) in [6.45, 7) is 2.25. The molecule has 0 N–H and O–H groups in total. The van der Waals surface area contributed by atoms with Crippen LogP contribution in [0, 0.1) is 5.92 Å². The molecule has 0 radical (unpaired) electrons. The maximum absolute atomic E-state index is 13.2. The van der Waals surface area contributed by atoms with Gasteiger partial charge in [0.25, 0.3) is 0 Å². The molecule has 1 saturated heterocycles. The fourth-order valence-corrected chi connectivity index (χ4v) is 6.79. The first-order valence-corrected chi connectivity index (χ1v) is 11.7. The van der Waals surface area contributed by atoms with Gasteiger partial charge in [-0.3, -0.25) is 4.98 Å². The molecular formula is C17H22N2O4S2. The van der Waals surface area contributed by atoms with Crippen molar-refractivity contribution in [1.82, 2.24) is 9.29 Å². The van der Waals surface area contributed by atoms with Crippen LogP contribution in [-0.4, -0.2) is 50.7 Å². The second kappa shape index (κ2) is 6.66. The zero-order valence-corrected chi connectivity index (χ0v) is 15.9. The third-order valence-corrected chi connectivity index (χ3v) is 8.34. The second-order valence-corrected chi connectivity index (χ2v) is 10.8. The van der Waals surface area contributed by atoms with Gasteiger partial charge in [-0.05, 0) is 24.5 Å². The van der Waals surface area contributed by atoms with E-state index in [1.807, 2.05) is 13.0 Å². The van der Waals surface area contributed by atoms with Crippen LogP contribution in [0.15, 0.2) is 41.6 Å². The first-order chi connectivity index (χ1) is 11.7. The van der Waals surface area contributed by atoms with Crippen LogP contribution in [0.2, 0.25) is 0 Å². The smallest absolute Gasteiger partial charge is 0.243 e. The van der Waals surface area contributed by atoms with E-state index in [-0.39, 0.29) is 23.9 Å². The van der Waals surface area contributed by atoms with E-state index in [2.05, 4.69) is 4.98 Å². The molecule has 25 heavy (non-hydrogen) atoms. The molecule has 136 valence electrons. The van der Waals surface area contributed by atoms with Crippen LogP contribution in [-0.2, 0) is 19.9 Å². The molecule has 1 unspecified atom stereocenters. The lowest BCUT2D eigenvalue weighted by Crippen LogP contribution is -2.32. The topological polar surface area (TPSA) is 84.4 Å². The third-order valence-electron chi connectivity index (χ3n) is 4.82. The van der Waals surface area contributed by atoms with Gasteiger partial charge in [0.05, 0.1) is 10.1 Å². The number of aromatic nitrogens is 1. The van der Waals surface area contributed by atoms with Crippen LogP contribution in [0.4, 0.5) is 0 Å². The number of rotatable bonds is 5. The molecule has 8 heteroatoms. The number of sulfonamides is 1. The Bertz CT molecular complexity index is 981. The van der Waals surface area contributed by atoms with Crippen molar-refractivity contribution in [2.24, 2.45) is 5.92 Å². The van der Waals surface area contributed by atoms with Crippen molar-refractivity contribution in [2.75, 3.05) is 19.3 Å². The van der Waals surface area contributed by atoms with Crippen LogP contribution >= 0.6 is 0 Å². The summed E-state index contributed by atoms with van der Waals surface area (Å²) in [4.78, 5) is 4.23. The van der Waals surface area contributed by atoms with Gasteiger partial charge in [-0.1, -0.05) is 25.5 Å². The molecule has 0 aliphatic carbocycles. The number of hydrogen-bond donors (Lipinski definition) is 0. The third kappa shape index (κ3) is 3.43. The van der Waals surface area contributed by atoms with E-state index >= 15 is 0 Å². The Morgan fingerprint density at radius 3 is 2.60 bits per heavy atom. The number of sulfone groups is 1. The molecular weight excluding hydrogens is 360 g/mol. The van der Waals surface area contributed by atoms with Gasteiger partial charge < -0.3 is 0 Å². The van der Waals surface area contributed by atoms with Crippen molar-refractivity contribution < 1.29 is 16.8 Å². The van der Waals surface area contributed by atoms with Gasteiger partial charge in [0.2, 0.25) is 10.0 Å². The zero-order chi connectivity index (χ0) is 18.2. The monoisotopic (exact) mass is 382 g/mol. The molecule has 1 aliphatic rings. The van der Waals surface area contributed by atoms with Crippen molar-refractivity contribution >= 4 is 30.6 Å². The summed E-state index contributed by atoms with van der Waals surface area (Å²) in [5, 5.41) is 0.707. The minimum Gasteiger partial charge on any atom is -0.264 e. The summed E-state index contributed by atoms with van der Waals surface area (Å²) in [7, 11) is -7.08. The van der Waals surface area contributed by atoms with E-state index in [0.29, 0.717) is 11.8 Å². The van der Waals surface area contributed by atoms with Crippen LogP contribution in [0.1, 0.15) is 19.8 Å². The number of hydrogen-bond acceptors (Lipinski definition) is 5. The molecule has 1 aromatic heterocycles. The highest BCUT2D eigenvalue weighted by atomic mass is 32.2. The van der Waals surface area contributed by atoms with Gasteiger partial charge in [-0.2, -0.15) is 4.31 Å². The Labute approximate surface area is 148 Å². The average Bonchev–Trinajstić information content (AvgIpc) is 3.00. The quantitative estimate of drug-likeness (QED) is 0.790. The van der Waals surface area contributed by atoms with Crippen LogP contribution in [0.3, 0.4) is 0 Å². The molecule has 1 aliphatic heterocycles. The predicted octanol–water partition coefficient (Wildman–Crippen LogP) is 2.07. The van der Waals surface area contributed by atoms with E-state index in [0.717, 1.165) is 11.8 Å². The zero-order valence-electron chi connectivity index (χ0n) is 14.3. The van der Waals surface area contributed by atoms with Crippen molar-refractivity contribution in [3.05, 3.63) is 36.7 Å². The first kappa shape index (κ1) is 18.3. The van der Waals surface area contributed by atoms with Gasteiger partial charge in [0, 0.05) is 42.5 Å². The molecule has 3 rings (SSSR count). The number of nitrogens with zero attached hydrogens (tertiary/aromatic N) is 2. The summed E-state index contributed by atoms with van der Waals surface area (Å²) < 4.78 is 51.9. The average molecular weight is 383 g/mol. The van der Waals surface area contributed by atoms with Gasteiger partial charge >= 0.3 is 0 Å². The maximum atomic E-state index is 13.2. The van der Waals surface area contributed by atoms with Gasteiger partial charge in [-0.15, -0.1) is 0 Å². The molecule has 0 spiro atoms. The van der Waals surface area contributed by atoms with Gasteiger partial charge in [-0.25, -0.2) is 16.8 Å². The lowest BCUT2D eigenvalue weighted by Gasteiger charge is -2.17. The summed E-state index contributed by atoms with van der Waals surface area (Å²) >= 11 is 0. The van der Waals surface area contributed by atoms with Gasteiger partial charge in [0.15, 0.2) is 9.84 Å². The Morgan fingerprint density at radius 1 is 1.16 bits per heavy atom. The van der Waals surface area contributed by atoms with Gasteiger partial charge in [0.1, 0.15) is 0 Å². The molecule has 1 aromatic carbocycles. The van der Waals surface area contributed by atoms with E-state index in [4.69, 9.17) is 0 Å². The number of fused-ring (bicyclic) bond motifs is 1. The predicted molar refractivity (Wildman–Crippen MR) is 97.5 cm³/mol. The number of benzene rings is 1. The summed E-state index contributed by atoms with van der Waals surface area (Å²) in [5.41, 5.74) is 0. The second-order valence-electron chi connectivity index (χ2n) is 6.59. The van der Waals surface area contributed by atoms with Crippen LogP contribution in [0.25, 0.3) is 10.8 Å². The van der Waals surface area contributed by atoms with Crippen molar-refractivity contribution in [2.45, 2.75) is 29.9 Å². The first-order valence-electron chi connectivity index (χ1n) is 8.27. The minimum atomic E-state index is -3.77. The summed E-state index contributed by atoms with van der Waals surface area (Å²) in [6.07, 6.45) is 5.90. The van der Waals surface area contributed by atoms with Crippen molar-refractivity contribution in [3.63, 3.8) is 0 Å². The normalized spacial score (nSPS) is 22.5. The maximum Gasteiger partial charge on any atom is 0.243 e. The molecule has 2 atom stereocenters.